The van der Waals surface area contributed by atoms with Crippen molar-refractivity contribution in [1.29, 1.82) is 0 Å². The smallest absolute Gasteiger partial charge is 0.325 e. The van der Waals surface area contributed by atoms with Gasteiger partial charge in [-0.3, -0.25) is 0 Å². The van der Waals surface area contributed by atoms with Crippen LogP contribution < -0.4 is 15.8 Å². The van der Waals surface area contributed by atoms with Crippen LogP contribution in [0.5, 0.6) is 5.75 Å². The molecular formula is C11H14N4O2. The van der Waals surface area contributed by atoms with Crippen molar-refractivity contribution >= 4 is 11.7 Å². The number of nitrogens with one attached hydrogen (secondary N) is 1. The highest BCUT2D eigenvalue weighted by Crippen LogP contribution is 2.20. The Bertz CT molecular complexity index is 484. The van der Waals surface area contributed by atoms with Crippen LogP contribution in [0.3, 0.4) is 0 Å². The second-order valence-corrected chi connectivity index (χ2v) is 3.44. The Morgan fingerprint density at radius 3 is 3.06 bits per heavy atom. The molecule has 0 spiro atoms. The normalized spacial score (nSPS) is 10.2. The Balaban J connectivity index is 2.05. The third-order valence-corrected chi connectivity index (χ3v) is 2.00. The summed E-state index contributed by atoms with van der Waals surface area (Å²) in [4.78, 5) is 4.05. The van der Waals surface area contributed by atoms with Gasteiger partial charge in [0.2, 0.25) is 0 Å². The molecule has 6 nitrogen and oxygen atoms in total. The maximum atomic E-state index is 5.41. The van der Waals surface area contributed by atoms with Crippen molar-refractivity contribution in [3.05, 3.63) is 30.1 Å². The van der Waals surface area contributed by atoms with Crippen molar-refractivity contribution < 1.29 is 9.26 Å². The molecule has 1 heterocycles. The summed E-state index contributed by atoms with van der Waals surface area (Å²) in [5.74, 6) is 1.33. The van der Waals surface area contributed by atoms with Crippen LogP contribution in [0.25, 0.3) is 0 Å². The number of rotatable bonds is 5. The van der Waals surface area contributed by atoms with Gasteiger partial charge in [-0.25, -0.2) is 0 Å². The Morgan fingerprint density at radius 1 is 1.47 bits per heavy atom. The molecule has 0 amide bonds. The first kappa shape index (κ1) is 11.4. The average Bonchev–Trinajstić information content (AvgIpc) is 2.73. The number of nitrogens with two attached hydrogens (primary N) is 1. The van der Waals surface area contributed by atoms with Crippen molar-refractivity contribution in [2.24, 2.45) is 5.73 Å². The van der Waals surface area contributed by atoms with Gasteiger partial charge in [0.05, 0.1) is 0 Å². The van der Waals surface area contributed by atoms with E-state index in [-0.39, 0.29) is 0 Å². The van der Waals surface area contributed by atoms with Gasteiger partial charge in [0.1, 0.15) is 12.4 Å². The number of nitrogens with zero attached hydrogens (tertiary/aromatic N) is 2. The average molecular weight is 234 g/mol. The van der Waals surface area contributed by atoms with E-state index in [2.05, 4.69) is 15.5 Å². The summed E-state index contributed by atoms with van der Waals surface area (Å²) in [6.45, 7) is 2.74. The van der Waals surface area contributed by atoms with Gasteiger partial charge in [-0.05, 0) is 19.1 Å². The summed E-state index contributed by atoms with van der Waals surface area (Å²) in [7, 11) is 0. The minimum Gasteiger partial charge on any atom is -0.492 e. The molecule has 17 heavy (non-hydrogen) atoms. The monoisotopic (exact) mass is 234 g/mol. The van der Waals surface area contributed by atoms with E-state index in [0.717, 1.165) is 11.4 Å². The van der Waals surface area contributed by atoms with E-state index in [0.29, 0.717) is 25.0 Å². The fraction of sp³-hybridized carbons (Fsp3) is 0.273. The lowest BCUT2D eigenvalue weighted by atomic mass is 10.3. The van der Waals surface area contributed by atoms with E-state index in [9.17, 15) is 0 Å². The summed E-state index contributed by atoms with van der Waals surface area (Å²) in [6.07, 6.45) is 0. The Labute approximate surface area is 98.8 Å². The molecule has 0 atom stereocenters. The van der Waals surface area contributed by atoms with Gasteiger partial charge in [0.25, 0.3) is 0 Å². The van der Waals surface area contributed by atoms with Gasteiger partial charge in [-0.1, -0.05) is 11.2 Å². The Hall–Kier alpha value is -2.08. The number of aryl methyl sites for hydroxylation is 1. The number of benzene rings is 1. The second-order valence-electron chi connectivity index (χ2n) is 3.44. The zero-order valence-electron chi connectivity index (χ0n) is 9.51. The topological polar surface area (TPSA) is 86.2 Å². The third-order valence-electron chi connectivity index (χ3n) is 2.00. The van der Waals surface area contributed by atoms with Crippen LogP contribution in [-0.2, 0) is 0 Å². The standard InChI is InChI=1S/C11H14N4O2/c1-8-13-11(17-15-8)14-9-3-2-4-10(7-9)16-6-5-12/h2-4,7H,5-6,12H2,1H3,(H,13,14,15). The molecule has 90 valence electrons. The second kappa shape index (κ2) is 5.31. The molecule has 1 aromatic heterocycles. The summed E-state index contributed by atoms with van der Waals surface area (Å²) < 4.78 is 10.4. The maximum absolute atomic E-state index is 5.41. The molecule has 0 radical (unpaired) electrons. The zero-order valence-corrected chi connectivity index (χ0v) is 9.51. The number of hydrogen-bond donors (Lipinski definition) is 2. The van der Waals surface area contributed by atoms with Crippen LogP contribution in [0, 0.1) is 6.92 Å². The largest absolute Gasteiger partial charge is 0.492 e. The Morgan fingerprint density at radius 2 is 2.35 bits per heavy atom. The highest BCUT2D eigenvalue weighted by atomic mass is 16.5. The van der Waals surface area contributed by atoms with Crippen LogP contribution in [0.2, 0.25) is 0 Å². The van der Waals surface area contributed by atoms with Crippen molar-refractivity contribution in [2.75, 3.05) is 18.5 Å². The van der Waals surface area contributed by atoms with Gasteiger partial charge >= 0.3 is 6.01 Å². The molecule has 2 aromatic rings. The quantitative estimate of drug-likeness (QED) is 0.814. The first-order valence-electron chi connectivity index (χ1n) is 5.28. The minimum atomic E-state index is 0.360. The summed E-state index contributed by atoms with van der Waals surface area (Å²) in [6, 6.07) is 7.82. The summed E-state index contributed by atoms with van der Waals surface area (Å²) in [5.41, 5.74) is 6.19. The van der Waals surface area contributed by atoms with Crippen LogP contribution in [0.15, 0.2) is 28.8 Å². The highest BCUT2D eigenvalue weighted by molar-refractivity contribution is 5.54. The molecule has 0 saturated carbocycles. The molecule has 0 aliphatic carbocycles. The van der Waals surface area contributed by atoms with E-state index in [4.69, 9.17) is 15.0 Å². The van der Waals surface area contributed by atoms with Crippen LogP contribution in [0.4, 0.5) is 11.7 Å². The van der Waals surface area contributed by atoms with Gasteiger partial charge in [-0.2, -0.15) is 4.98 Å². The summed E-state index contributed by atoms with van der Waals surface area (Å²) in [5, 5.41) is 6.68. The number of ether oxygens (including phenoxy) is 1. The molecule has 0 saturated heterocycles. The highest BCUT2D eigenvalue weighted by Gasteiger charge is 2.03. The molecule has 0 aliphatic rings. The lowest BCUT2D eigenvalue weighted by molar-refractivity contribution is 0.328. The molecule has 6 heteroatoms. The molecule has 3 N–H and O–H groups in total. The summed E-state index contributed by atoms with van der Waals surface area (Å²) >= 11 is 0. The first-order valence-corrected chi connectivity index (χ1v) is 5.28. The number of aromatic nitrogens is 2. The van der Waals surface area contributed by atoms with Crippen molar-refractivity contribution in [1.82, 2.24) is 10.1 Å². The van der Waals surface area contributed by atoms with E-state index < -0.39 is 0 Å². The van der Waals surface area contributed by atoms with Crippen LogP contribution >= 0.6 is 0 Å². The van der Waals surface area contributed by atoms with Gasteiger partial charge in [-0.15, -0.1) is 0 Å². The molecular weight excluding hydrogens is 220 g/mol. The third kappa shape index (κ3) is 3.18. The van der Waals surface area contributed by atoms with E-state index in [1.165, 1.54) is 0 Å². The molecule has 0 aliphatic heterocycles. The minimum absolute atomic E-state index is 0.360. The lowest BCUT2D eigenvalue weighted by Gasteiger charge is -2.06. The van der Waals surface area contributed by atoms with Gasteiger partial charge in [0.15, 0.2) is 5.82 Å². The molecule has 0 fully saturated rings. The Kier molecular flexibility index (Phi) is 3.56. The van der Waals surface area contributed by atoms with Crippen molar-refractivity contribution in [3.63, 3.8) is 0 Å². The van der Waals surface area contributed by atoms with Gasteiger partial charge in [0, 0.05) is 18.3 Å². The SMILES string of the molecule is Cc1noc(Nc2cccc(OCCN)c2)n1. The first-order chi connectivity index (χ1) is 8.28. The van der Waals surface area contributed by atoms with E-state index in [1.54, 1.807) is 6.92 Å². The lowest BCUT2D eigenvalue weighted by Crippen LogP contribution is -2.10. The molecule has 0 unspecified atom stereocenters. The zero-order chi connectivity index (χ0) is 12.1. The van der Waals surface area contributed by atoms with Crippen LogP contribution in [-0.4, -0.2) is 23.3 Å². The molecule has 1 aromatic carbocycles. The van der Waals surface area contributed by atoms with Crippen molar-refractivity contribution in [3.8, 4) is 5.75 Å². The fourth-order valence-corrected chi connectivity index (χ4v) is 1.31. The molecule has 0 bridgehead atoms. The van der Waals surface area contributed by atoms with E-state index in [1.807, 2.05) is 24.3 Å². The van der Waals surface area contributed by atoms with Gasteiger partial charge < -0.3 is 20.3 Å². The number of anilines is 2. The molecule has 2 rings (SSSR count). The van der Waals surface area contributed by atoms with Crippen molar-refractivity contribution in [2.45, 2.75) is 6.92 Å². The predicted molar refractivity (Wildman–Crippen MR) is 63.3 cm³/mol. The van der Waals surface area contributed by atoms with E-state index >= 15 is 0 Å². The predicted octanol–water partition coefficient (Wildman–Crippen LogP) is 1.46. The van der Waals surface area contributed by atoms with Crippen LogP contribution in [0.1, 0.15) is 5.82 Å². The number of hydrogen-bond acceptors (Lipinski definition) is 6. The fourth-order valence-electron chi connectivity index (χ4n) is 1.31. The maximum Gasteiger partial charge on any atom is 0.325 e.